The van der Waals surface area contributed by atoms with Crippen molar-refractivity contribution in [3.8, 4) is 0 Å². The van der Waals surface area contributed by atoms with E-state index in [1.165, 1.54) is 30.9 Å². The van der Waals surface area contributed by atoms with E-state index in [4.69, 9.17) is 5.73 Å². The van der Waals surface area contributed by atoms with E-state index in [9.17, 15) is 4.79 Å². The van der Waals surface area contributed by atoms with Crippen LogP contribution in [-0.4, -0.2) is 11.4 Å². The molecule has 0 radical (unpaired) electrons. The van der Waals surface area contributed by atoms with Crippen molar-refractivity contribution in [1.29, 1.82) is 0 Å². The number of hydrogen-bond donors (Lipinski definition) is 2. The second-order valence-electron chi connectivity index (χ2n) is 5.89. The van der Waals surface area contributed by atoms with Crippen LogP contribution >= 0.6 is 0 Å². The highest BCUT2D eigenvalue weighted by Gasteiger charge is 2.42. The van der Waals surface area contributed by atoms with Gasteiger partial charge in [0.15, 0.2) is 0 Å². The van der Waals surface area contributed by atoms with E-state index >= 15 is 0 Å². The zero-order valence-corrected chi connectivity index (χ0v) is 11.3. The Labute approximate surface area is 113 Å². The van der Waals surface area contributed by atoms with Crippen molar-refractivity contribution in [2.75, 3.05) is 0 Å². The fourth-order valence-electron chi connectivity index (χ4n) is 3.66. The molecule has 3 heteroatoms. The van der Waals surface area contributed by atoms with Crippen LogP contribution in [-0.2, 0) is 4.79 Å². The molecule has 1 saturated carbocycles. The number of nitrogens with one attached hydrogen (secondary N) is 1. The number of nitrogens with two attached hydrogens (primary N) is 1. The monoisotopic (exact) mass is 256 g/mol. The summed E-state index contributed by atoms with van der Waals surface area (Å²) in [6, 6.07) is 8.37. The highest BCUT2D eigenvalue weighted by molar-refractivity contribution is 5.94. The van der Waals surface area contributed by atoms with E-state index in [2.05, 4.69) is 30.4 Å². The van der Waals surface area contributed by atoms with Crippen molar-refractivity contribution in [1.82, 2.24) is 5.32 Å². The molecule has 1 aliphatic heterocycles. The first-order valence-electron chi connectivity index (χ1n) is 6.99. The summed E-state index contributed by atoms with van der Waals surface area (Å²) in [7, 11) is 0. The summed E-state index contributed by atoms with van der Waals surface area (Å²) in [5.41, 5.74) is 8.75. The van der Waals surface area contributed by atoms with Gasteiger partial charge in [0, 0.05) is 28.8 Å². The predicted octanol–water partition coefficient (Wildman–Crippen LogP) is 2.53. The van der Waals surface area contributed by atoms with Gasteiger partial charge in [-0.3, -0.25) is 4.79 Å². The van der Waals surface area contributed by atoms with E-state index in [0.717, 1.165) is 17.7 Å². The van der Waals surface area contributed by atoms with Gasteiger partial charge in [-0.1, -0.05) is 37.1 Å². The van der Waals surface area contributed by atoms with Gasteiger partial charge in [0.2, 0.25) is 5.91 Å². The molecular formula is C16H20N2O. The molecule has 1 heterocycles. The van der Waals surface area contributed by atoms with Crippen molar-refractivity contribution >= 4 is 11.6 Å². The fourth-order valence-corrected chi connectivity index (χ4v) is 3.66. The number of hydrogen-bond acceptors (Lipinski definition) is 2. The van der Waals surface area contributed by atoms with Crippen LogP contribution in [0, 0.1) is 0 Å². The lowest BCUT2D eigenvalue weighted by molar-refractivity contribution is -0.113. The first-order valence-corrected chi connectivity index (χ1v) is 6.99. The number of primary amides is 1. The second-order valence-corrected chi connectivity index (χ2v) is 5.89. The third-order valence-corrected chi connectivity index (χ3v) is 4.54. The summed E-state index contributed by atoms with van der Waals surface area (Å²) in [6.07, 6.45) is 6.40. The van der Waals surface area contributed by atoms with Gasteiger partial charge in [0.1, 0.15) is 0 Å². The largest absolute Gasteiger partial charge is 0.379 e. The first-order chi connectivity index (χ1) is 9.10. The number of benzene rings is 1. The minimum absolute atomic E-state index is 0.0495. The Morgan fingerprint density at radius 2 is 2.21 bits per heavy atom. The van der Waals surface area contributed by atoms with Crippen LogP contribution < -0.4 is 11.1 Å². The Morgan fingerprint density at radius 3 is 3.00 bits per heavy atom. The average molecular weight is 256 g/mol. The van der Waals surface area contributed by atoms with Crippen LogP contribution in [0.3, 0.4) is 0 Å². The topological polar surface area (TPSA) is 55.1 Å². The van der Waals surface area contributed by atoms with E-state index < -0.39 is 5.91 Å². The Balaban J connectivity index is 2.14. The normalized spacial score (nSPS) is 31.2. The molecular weight excluding hydrogens is 236 g/mol. The molecule has 2 atom stereocenters. The third-order valence-electron chi connectivity index (χ3n) is 4.54. The third kappa shape index (κ3) is 2.03. The molecule has 1 aromatic rings. The molecule has 3 nitrogen and oxygen atoms in total. The summed E-state index contributed by atoms with van der Waals surface area (Å²) in [5, 5.41) is 3.58. The Bertz CT molecular complexity index is 549. The lowest BCUT2D eigenvalue weighted by atomic mass is 9.67. The summed E-state index contributed by atoms with van der Waals surface area (Å²) in [6.45, 7) is 2.27. The summed E-state index contributed by atoms with van der Waals surface area (Å²) in [5.74, 6) is 0.137. The maximum atomic E-state index is 11.2. The van der Waals surface area contributed by atoms with Crippen molar-refractivity contribution in [2.45, 2.75) is 44.1 Å². The van der Waals surface area contributed by atoms with Crippen LogP contribution in [0.25, 0.3) is 5.70 Å². The van der Waals surface area contributed by atoms with E-state index in [0.29, 0.717) is 5.92 Å². The van der Waals surface area contributed by atoms with Crippen LogP contribution in [0.2, 0.25) is 0 Å². The van der Waals surface area contributed by atoms with Gasteiger partial charge in [-0.25, -0.2) is 0 Å². The van der Waals surface area contributed by atoms with Gasteiger partial charge >= 0.3 is 0 Å². The van der Waals surface area contributed by atoms with Crippen LogP contribution in [0.4, 0.5) is 0 Å². The maximum Gasteiger partial charge on any atom is 0.243 e. The lowest BCUT2D eigenvalue weighted by Crippen LogP contribution is -2.51. The number of carbonyl (C=O) groups excluding carboxylic acids is 1. The molecule has 1 aromatic carbocycles. The van der Waals surface area contributed by atoms with E-state index in [1.54, 1.807) is 0 Å². The van der Waals surface area contributed by atoms with Crippen LogP contribution in [0.5, 0.6) is 0 Å². The van der Waals surface area contributed by atoms with Crippen molar-refractivity contribution in [3.63, 3.8) is 0 Å². The highest BCUT2D eigenvalue weighted by Crippen LogP contribution is 2.47. The molecule has 3 N–H and O–H groups in total. The number of rotatable bonds is 1. The average Bonchev–Trinajstić information content (AvgIpc) is 2.37. The molecule has 0 spiro atoms. The number of amides is 1. The molecule has 0 aromatic heterocycles. The van der Waals surface area contributed by atoms with E-state index in [1.807, 2.05) is 6.07 Å². The van der Waals surface area contributed by atoms with Gasteiger partial charge in [-0.15, -0.1) is 0 Å². The second kappa shape index (κ2) is 4.41. The molecule has 2 aliphatic rings. The molecule has 2 unspecified atom stereocenters. The molecule has 1 fully saturated rings. The molecule has 0 saturated heterocycles. The van der Waals surface area contributed by atoms with Crippen LogP contribution in [0.1, 0.15) is 49.7 Å². The summed E-state index contributed by atoms with van der Waals surface area (Å²) < 4.78 is 0. The minimum atomic E-state index is -0.393. The molecule has 19 heavy (non-hydrogen) atoms. The standard InChI is InChI=1S/C16H20N2O/c1-16-9-5-4-8-13(16)11-6-2-3-7-12(11)14(18-16)10-15(17)19/h2-3,6-7,10,13,18H,4-5,8-9H2,1H3,(H2,17,19). The molecule has 0 bridgehead atoms. The van der Waals surface area contributed by atoms with Crippen molar-refractivity contribution < 1.29 is 4.79 Å². The molecule has 3 rings (SSSR count). The maximum absolute atomic E-state index is 11.2. The Hall–Kier alpha value is -1.77. The highest BCUT2D eigenvalue weighted by atomic mass is 16.1. The molecule has 1 aliphatic carbocycles. The zero-order chi connectivity index (χ0) is 13.5. The smallest absolute Gasteiger partial charge is 0.243 e. The predicted molar refractivity (Wildman–Crippen MR) is 76.4 cm³/mol. The lowest BCUT2D eigenvalue weighted by Gasteiger charge is -2.48. The van der Waals surface area contributed by atoms with Gasteiger partial charge in [-0.2, -0.15) is 0 Å². The Morgan fingerprint density at radius 1 is 1.42 bits per heavy atom. The minimum Gasteiger partial charge on any atom is -0.379 e. The van der Waals surface area contributed by atoms with Gasteiger partial charge in [0.25, 0.3) is 0 Å². The summed E-state index contributed by atoms with van der Waals surface area (Å²) in [4.78, 5) is 11.2. The molecule has 1 amide bonds. The number of carbonyl (C=O) groups is 1. The molecule has 100 valence electrons. The Kier molecular flexibility index (Phi) is 2.85. The SMILES string of the molecule is CC12CCCCC1c1ccccc1C(=CC(N)=O)N2. The van der Waals surface area contributed by atoms with Crippen molar-refractivity contribution in [3.05, 3.63) is 41.5 Å². The van der Waals surface area contributed by atoms with Gasteiger partial charge in [-0.05, 0) is 25.3 Å². The quantitative estimate of drug-likeness (QED) is 0.759. The first kappa shape index (κ1) is 12.3. The summed E-state index contributed by atoms with van der Waals surface area (Å²) >= 11 is 0. The zero-order valence-electron chi connectivity index (χ0n) is 11.3. The van der Waals surface area contributed by atoms with Gasteiger partial charge in [0.05, 0.1) is 0 Å². The fraction of sp³-hybridized carbons (Fsp3) is 0.438. The van der Waals surface area contributed by atoms with Gasteiger partial charge < -0.3 is 11.1 Å². The number of fused-ring (bicyclic) bond motifs is 3. The van der Waals surface area contributed by atoms with E-state index in [-0.39, 0.29) is 5.54 Å². The van der Waals surface area contributed by atoms with Crippen molar-refractivity contribution in [2.24, 2.45) is 5.73 Å². The van der Waals surface area contributed by atoms with Crippen LogP contribution in [0.15, 0.2) is 30.3 Å².